The van der Waals surface area contributed by atoms with Gasteiger partial charge in [-0.05, 0) is 119 Å². The van der Waals surface area contributed by atoms with Gasteiger partial charge >= 0.3 is 0 Å². The molecule has 12 rings (SSSR count). The Hall–Kier alpha value is -7.88. The summed E-state index contributed by atoms with van der Waals surface area (Å²) in [7, 11) is 0. The molecule has 2 aromatic heterocycles. The van der Waals surface area contributed by atoms with Crippen LogP contribution in [-0.2, 0) is 6.42 Å². The molecule has 0 fully saturated rings. The molecule has 0 aliphatic heterocycles. The number of nitrogens with zero attached hydrogens (tertiary/aromatic N) is 1. The van der Waals surface area contributed by atoms with Crippen molar-refractivity contribution in [3.05, 3.63) is 229 Å². The number of hydrogen-bond donors (Lipinski definition) is 0. The maximum atomic E-state index is 6.41. The molecule has 0 atom stereocenters. The molecule has 3 heteroatoms. The van der Waals surface area contributed by atoms with Crippen LogP contribution in [0.15, 0.2) is 215 Å². The van der Waals surface area contributed by atoms with Crippen molar-refractivity contribution in [2.45, 2.75) is 25.7 Å². The number of para-hydroxylation sites is 3. The predicted octanol–water partition coefficient (Wildman–Crippen LogP) is 17.0. The molecule has 0 saturated heterocycles. The number of rotatable bonds is 8. The second kappa shape index (κ2) is 15.5. The second-order valence-electron chi connectivity index (χ2n) is 16.7. The molecule has 63 heavy (non-hydrogen) atoms. The van der Waals surface area contributed by atoms with Crippen molar-refractivity contribution in [1.82, 2.24) is 0 Å². The van der Waals surface area contributed by atoms with Crippen LogP contribution in [0.3, 0.4) is 0 Å². The van der Waals surface area contributed by atoms with E-state index in [1.54, 1.807) is 0 Å². The molecule has 2 heterocycles. The molecule has 2 aliphatic rings. The number of allylic oxidation sites excluding steroid dienone is 5. The molecule has 3 nitrogen and oxygen atoms in total. The zero-order valence-electron chi connectivity index (χ0n) is 34.8. The van der Waals surface area contributed by atoms with Crippen molar-refractivity contribution in [2.75, 3.05) is 4.90 Å². The Morgan fingerprint density at radius 2 is 0.889 bits per heavy atom. The van der Waals surface area contributed by atoms with Crippen molar-refractivity contribution >= 4 is 67.2 Å². The lowest BCUT2D eigenvalue weighted by Gasteiger charge is -2.26. The van der Waals surface area contributed by atoms with Gasteiger partial charge in [-0.25, -0.2) is 0 Å². The van der Waals surface area contributed by atoms with Gasteiger partial charge in [0.05, 0.1) is 0 Å². The molecule has 0 spiro atoms. The van der Waals surface area contributed by atoms with E-state index in [9.17, 15) is 0 Å². The molecule has 0 bridgehead atoms. The largest absolute Gasteiger partial charge is 0.456 e. The Morgan fingerprint density at radius 1 is 0.365 bits per heavy atom. The summed E-state index contributed by atoms with van der Waals surface area (Å²) in [5.74, 6) is 1.00. The van der Waals surface area contributed by atoms with E-state index in [1.165, 1.54) is 66.2 Å². The highest BCUT2D eigenvalue weighted by atomic mass is 16.3. The summed E-state index contributed by atoms with van der Waals surface area (Å²) in [5, 5.41) is 3.57. The highest BCUT2D eigenvalue weighted by Gasteiger charge is 2.20. The first kappa shape index (κ1) is 36.9. The van der Waals surface area contributed by atoms with Crippen LogP contribution in [0.2, 0.25) is 0 Å². The van der Waals surface area contributed by atoms with Gasteiger partial charge in [0.25, 0.3) is 0 Å². The van der Waals surface area contributed by atoms with E-state index in [-0.39, 0.29) is 0 Å². The van der Waals surface area contributed by atoms with Gasteiger partial charge in [-0.1, -0.05) is 164 Å². The molecule has 0 unspecified atom stereocenters. The van der Waals surface area contributed by atoms with Gasteiger partial charge in [0.15, 0.2) is 0 Å². The third kappa shape index (κ3) is 6.70. The first-order valence-electron chi connectivity index (χ1n) is 22.0. The lowest BCUT2D eigenvalue weighted by atomic mass is 9.89. The van der Waals surface area contributed by atoms with Crippen LogP contribution < -0.4 is 4.90 Å². The normalized spacial score (nSPS) is 13.6. The van der Waals surface area contributed by atoms with Gasteiger partial charge in [0.1, 0.15) is 22.5 Å². The van der Waals surface area contributed by atoms with Crippen molar-refractivity contribution < 1.29 is 8.83 Å². The number of fused-ring (bicyclic) bond motifs is 6. The number of benzene rings is 8. The Kier molecular flexibility index (Phi) is 9.11. The summed E-state index contributed by atoms with van der Waals surface area (Å²) in [6, 6.07) is 67.7. The number of anilines is 3. The van der Waals surface area contributed by atoms with Crippen LogP contribution >= 0.6 is 0 Å². The van der Waals surface area contributed by atoms with Gasteiger partial charge < -0.3 is 13.7 Å². The number of hydrogen-bond acceptors (Lipinski definition) is 3. The summed E-state index contributed by atoms with van der Waals surface area (Å²) >= 11 is 0. The minimum absolute atomic E-state index is 0.936. The molecule has 300 valence electrons. The van der Waals surface area contributed by atoms with E-state index in [1.807, 2.05) is 6.07 Å². The van der Waals surface area contributed by atoms with Crippen molar-refractivity contribution in [2.24, 2.45) is 0 Å². The van der Waals surface area contributed by atoms with E-state index in [0.717, 1.165) is 76.4 Å². The second-order valence-corrected chi connectivity index (χ2v) is 16.7. The monoisotopic (exact) mass is 809 g/mol. The summed E-state index contributed by atoms with van der Waals surface area (Å²) < 4.78 is 12.8. The highest BCUT2D eigenvalue weighted by molar-refractivity contribution is 6.08. The first-order chi connectivity index (χ1) is 31.2. The molecule has 0 N–H and O–H groups in total. The van der Waals surface area contributed by atoms with E-state index in [4.69, 9.17) is 8.83 Å². The molecule has 10 aromatic rings. The average molecular weight is 810 g/mol. The van der Waals surface area contributed by atoms with Gasteiger partial charge in [0, 0.05) is 49.9 Å². The third-order valence-electron chi connectivity index (χ3n) is 13.0. The standard InChI is InChI=1S/C60H43NO2/c1-2-10-40(11-3-1)43-28-34-48(35-29-43)61(49-36-30-44(31-37-49)41-20-24-46(25-21-41)51-14-8-16-55-53-12-4-6-18-57(53)62-59(51)55)50-38-32-45(33-39-50)42-22-26-47(27-23-42)52-15-9-17-56-54-13-5-7-19-58(54)63-60(52)56/h1-4,6-12,14-20,22-24,26-39H,5,13,21,25H2. The maximum absolute atomic E-state index is 6.41. The minimum Gasteiger partial charge on any atom is -0.456 e. The fourth-order valence-corrected chi connectivity index (χ4v) is 9.68. The molecular weight excluding hydrogens is 767 g/mol. The zero-order chi connectivity index (χ0) is 41.7. The van der Waals surface area contributed by atoms with Crippen molar-refractivity contribution in [1.29, 1.82) is 0 Å². The van der Waals surface area contributed by atoms with Crippen LogP contribution in [0, 0.1) is 0 Å². The van der Waals surface area contributed by atoms with Crippen LogP contribution in [0.4, 0.5) is 17.1 Å². The SMILES string of the molecule is C1=Cc2oc3c(-c4ccc(-c5ccc(N(c6ccc(C7=CC=C(c8cccc9c8oc8ccccc89)CC7)cc6)c6ccc(-c7ccccc7)cc6)cc5)cc4)cccc3c2CC1. The van der Waals surface area contributed by atoms with Crippen LogP contribution in [0.25, 0.3) is 83.5 Å². The number of aryl methyl sites for hydroxylation is 1. The fourth-order valence-electron chi connectivity index (χ4n) is 9.68. The van der Waals surface area contributed by atoms with Gasteiger partial charge in [-0.2, -0.15) is 0 Å². The molecule has 2 aliphatic carbocycles. The Morgan fingerprint density at radius 3 is 1.57 bits per heavy atom. The van der Waals surface area contributed by atoms with Crippen molar-refractivity contribution in [3.63, 3.8) is 0 Å². The fraction of sp³-hybridized carbons (Fsp3) is 0.0667. The summed E-state index contributed by atoms with van der Waals surface area (Å²) in [6.07, 6.45) is 12.9. The zero-order valence-corrected chi connectivity index (χ0v) is 34.8. The first-order valence-corrected chi connectivity index (χ1v) is 22.0. The Balaban J connectivity index is 0.841. The number of furan rings is 2. The summed E-state index contributed by atoms with van der Waals surface area (Å²) in [6.45, 7) is 0. The molecule has 0 amide bonds. The molecule has 0 saturated carbocycles. The van der Waals surface area contributed by atoms with Crippen molar-refractivity contribution in [3.8, 4) is 33.4 Å². The van der Waals surface area contributed by atoms with Crippen LogP contribution in [0.5, 0.6) is 0 Å². The van der Waals surface area contributed by atoms with E-state index < -0.39 is 0 Å². The summed E-state index contributed by atoms with van der Waals surface area (Å²) in [5.41, 5.74) is 19.7. The Bertz CT molecular complexity index is 3400. The highest BCUT2D eigenvalue weighted by Crippen LogP contribution is 2.42. The Labute approximate surface area is 367 Å². The van der Waals surface area contributed by atoms with Gasteiger partial charge in [0.2, 0.25) is 0 Å². The molecule has 8 aromatic carbocycles. The smallest absolute Gasteiger partial charge is 0.142 e. The van der Waals surface area contributed by atoms with Gasteiger partial charge in [-0.15, -0.1) is 0 Å². The lowest BCUT2D eigenvalue weighted by Crippen LogP contribution is -2.10. The van der Waals surface area contributed by atoms with Crippen LogP contribution in [-0.4, -0.2) is 0 Å². The van der Waals surface area contributed by atoms with E-state index in [2.05, 4.69) is 211 Å². The van der Waals surface area contributed by atoms with Crippen LogP contribution in [0.1, 0.15) is 41.7 Å². The predicted molar refractivity (Wildman–Crippen MR) is 263 cm³/mol. The molecular formula is C60H43NO2. The topological polar surface area (TPSA) is 29.5 Å². The third-order valence-corrected chi connectivity index (χ3v) is 13.0. The summed E-state index contributed by atoms with van der Waals surface area (Å²) in [4.78, 5) is 2.35. The quantitative estimate of drug-likeness (QED) is 0.153. The lowest BCUT2D eigenvalue weighted by molar-refractivity contribution is 0.596. The average Bonchev–Trinajstić information content (AvgIpc) is 3.94. The molecule has 0 radical (unpaired) electrons. The van der Waals surface area contributed by atoms with E-state index in [0.29, 0.717) is 0 Å². The maximum Gasteiger partial charge on any atom is 0.142 e. The minimum atomic E-state index is 0.936. The van der Waals surface area contributed by atoms with E-state index >= 15 is 0 Å². The van der Waals surface area contributed by atoms with Gasteiger partial charge in [-0.3, -0.25) is 0 Å².